The van der Waals surface area contributed by atoms with Crippen molar-refractivity contribution in [2.75, 3.05) is 19.6 Å². The lowest BCUT2D eigenvalue weighted by Gasteiger charge is -2.43. The molecule has 4 aliphatic rings. The lowest BCUT2D eigenvalue weighted by atomic mass is 10.1. The molecule has 2 fully saturated rings. The zero-order valence-electron chi connectivity index (χ0n) is 26.8. The number of alkyl halides is 4. The molecule has 258 valence electrons. The van der Waals surface area contributed by atoms with Crippen LogP contribution < -0.4 is 9.47 Å². The summed E-state index contributed by atoms with van der Waals surface area (Å²) in [6, 6.07) is 21.7. The number of ether oxygens (including phenoxy) is 3. The van der Waals surface area contributed by atoms with Crippen molar-refractivity contribution < 1.29 is 36.6 Å². The average Bonchev–Trinajstić information content (AvgIpc) is 3.66. The van der Waals surface area contributed by atoms with Crippen LogP contribution in [-0.4, -0.2) is 72.8 Å². The number of nitrogens with zero attached hydrogens (tertiary/aromatic N) is 6. The summed E-state index contributed by atoms with van der Waals surface area (Å²) in [6.45, 7) is 2.53. The van der Waals surface area contributed by atoms with E-state index in [0.29, 0.717) is 35.1 Å². The molecule has 2 aliphatic carbocycles. The molecule has 0 saturated heterocycles. The predicted octanol–water partition coefficient (Wildman–Crippen LogP) is 5.92. The van der Waals surface area contributed by atoms with E-state index in [4.69, 9.17) is 19.3 Å². The fourth-order valence-corrected chi connectivity index (χ4v) is 6.70. The summed E-state index contributed by atoms with van der Waals surface area (Å²) in [5.41, 5.74) is 1.92. The van der Waals surface area contributed by atoms with Crippen molar-refractivity contribution in [2.24, 2.45) is 11.8 Å². The van der Waals surface area contributed by atoms with E-state index >= 15 is 0 Å². The summed E-state index contributed by atoms with van der Waals surface area (Å²) < 4.78 is 78.5. The normalized spacial score (nSPS) is 26.6. The standard InChI is InChI=1S/C35H36F4N6O4/c1-22-16-44-30(13-25(40-44)20-47-27-8-4-2-5-9-27)33(43(22)18-24-15-35(24,38)39)49-31-19-42(17-23-14-34(23,36)37)32(46)29-12-26(41-45(29)31)21-48-28-10-6-3-7-11-28/h2-13,22-24,31,33H,14-21H2,1H3/t22-,23?,24?,31?,33?/m1/s1. The molecule has 5 atom stereocenters. The van der Waals surface area contributed by atoms with E-state index in [-0.39, 0.29) is 57.4 Å². The third kappa shape index (κ3) is 6.51. The summed E-state index contributed by atoms with van der Waals surface area (Å²) in [7, 11) is 0. The highest BCUT2D eigenvalue weighted by atomic mass is 19.3. The zero-order valence-corrected chi connectivity index (χ0v) is 26.8. The van der Waals surface area contributed by atoms with Gasteiger partial charge in [0.05, 0.1) is 18.8 Å². The maximum atomic E-state index is 14.3. The fraction of sp³-hybridized carbons (Fsp3) is 0.457. The number of rotatable bonds is 12. The predicted molar refractivity (Wildman–Crippen MR) is 167 cm³/mol. The van der Waals surface area contributed by atoms with Gasteiger partial charge in [-0.25, -0.2) is 22.2 Å². The number of amides is 1. The van der Waals surface area contributed by atoms with E-state index in [0.717, 1.165) is 0 Å². The third-order valence-corrected chi connectivity index (χ3v) is 9.69. The molecule has 0 spiro atoms. The Kier molecular flexibility index (Phi) is 7.90. The van der Waals surface area contributed by atoms with Crippen LogP contribution in [0.3, 0.4) is 0 Å². The largest absolute Gasteiger partial charge is 0.487 e. The van der Waals surface area contributed by atoms with Crippen LogP contribution in [0.5, 0.6) is 11.5 Å². The molecular formula is C35H36F4N6O4. The van der Waals surface area contributed by atoms with Crippen molar-refractivity contribution in [1.82, 2.24) is 29.4 Å². The SMILES string of the molecule is C[C@@H]1Cn2nc(COc3ccccc3)cc2C(OC2CN(CC3CC3(F)F)C(=O)c3cc(COc4ccccc4)nn32)N1CC1CC1(F)F. The lowest BCUT2D eigenvalue weighted by molar-refractivity contribution is -0.171. The van der Waals surface area contributed by atoms with E-state index in [1.54, 1.807) is 22.9 Å². The Morgan fingerprint density at radius 1 is 0.796 bits per heavy atom. The van der Waals surface area contributed by atoms with Gasteiger partial charge in [0, 0.05) is 43.8 Å². The van der Waals surface area contributed by atoms with Gasteiger partial charge in [0.25, 0.3) is 17.8 Å². The molecule has 0 radical (unpaired) electrons. The Hall–Kier alpha value is -4.43. The first kappa shape index (κ1) is 31.8. The van der Waals surface area contributed by atoms with Crippen molar-refractivity contribution in [3.63, 3.8) is 0 Å². The molecule has 4 unspecified atom stereocenters. The van der Waals surface area contributed by atoms with E-state index < -0.39 is 42.0 Å². The van der Waals surface area contributed by atoms with Crippen LogP contribution in [-0.2, 0) is 24.5 Å². The van der Waals surface area contributed by atoms with E-state index in [2.05, 4.69) is 5.10 Å². The number of benzene rings is 2. The Morgan fingerprint density at radius 3 is 1.96 bits per heavy atom. The van der Waals surface area contributed by atoms with E-state index in [1.807, 2.05) is 66.4 Å². The number of para-hydroxylation sites is 2. The molecule has 14 heteroatoms. The Morgan fingerprint density at radius 2 is 1.37 bits per heavy atom. The quantitative estimate of drug-likeness (QED) is 0.172. The van der Waals surface area contributed by atoms with Crippen LogP contribution in [0.25, 0.3) is 0 Å². The smallest absolute Gasteiger partial charge is 0.272 e. The number of hydrogen-bond donors (Lipinski definition) is 0. The first-order valence-corrected chi connectivity index (χ1v) is 16.5. The molecule has 2 aliphatic heterocycles. The molecule has 4 heterocycles. The fourth-order valence-electron chi connectivity index (χ4n) is 6.70. The Balaban J connectivity index is 1.10. The molecule has 10 nitrogen and oxygen atoms in total. The van der Waals surface area contributed by atoms with Gasteiger partial charge in [-0.15, -0.1) is 0 Å². The van der Waals surface area contributed by atoms with E-state index in [1.165, 1.54) is 9.58 Å². The number of fused-ring (bicyclic) bond motifs is 2. The van der Waals surface area contributed by atoms with Gasteiger partial charge in [0.1, 0.15) is 41.8 Å². The first-order chi connectivity index (χ1) is 23.5. The first-order valence-electron chi connectivity index (χ1n) is 16.5. The van der Waals surface area contributed by atoms with E-state index in [9.17, 15) is 22.4 Å². The maximum absolute atomic E-state index is 14.3. The van der Waals surface area contributed by atoms with Crippen molar-refractivity contribution in [3.05, 3.63) is 95.6 Å². The van der Waals surface area contributed by atoms with Gasteiger partial charge in [-0.3, -0.25) is 14.4 Å². The molecule has 2 saturated carbocycles. The molecule has 2 aromatic carbocycles. The maximum Gasteiger partial charge on any atom is 0.272 e. The zero-order chi connectivity index (χ0) is 33.9. The van der Waals surface area contributed by atoms with Crippen LogP contribution in [0.4, 0.5) is 17.6 Å². The minimum atomic E-state index is -2.82. The van der Waals surface area contributed by atoms with Crippen molar-refractivity contribution >= 4 is 5.91 Å². The lowest BCUT2D eigenvalue weighted by Crippen LogP contribution is -2.50. The van der Waals surface area contributed by atoms with Gasteiger partial charge in [0.15, 0.2) is 12.5 Å². The summed E-state index contributed by atoms with van der Waals surface area (Å²) in [5.74, 6) is -6.46. The molecule has 0 N–H and O–H groups in total. The number of halogens is 4. The van der Waals surface area contributed by atoms with Gasteiger partial charge >= 0.3 is 0 Å². The molecule has 4 aromatic rings. The van der Waals surface area contributed by atoms with Crippen molar-refractivity contribution in [1.29, 1.82) is 0 Å². The van der Waals surface area contributed by atoms with Crippen molar-refractivity contribution in [3.8, 4) is 11.5 Å². The van der Waals surface area contributed by atoms with Gasteiger partial charge in [-0.2, -0.15) is 10.2 Å². The Labute approximate surface area is 280 Å². The average molecular weight is 681 g/mol. The van der Waals surface area contributed by atoms with Gasteiger partial charge in [0.2, 0.25) is 0 Å². The number of hydrogen-bond acceptors (Lipinski definition) is 7. The second-order valence-corrected chi connectivity index (χ2v) is 13.4. The highest BCUT2D eigenvalue weighted by Crippen LogP contribution is 2.51. The van der Waals surface area contributed by atoms with Gasteiger partial charge in [-0.05, 0) is 43.3 Å². The Bertz CT molecular complexity index is 1820. The number of carbonyl (C=O) groups excluding carboxylic acids is 1. The summed E-state index contributed by atoms with van der Waals surface area (Å²) >= 11 is 0. The molecule has 0 bridgehead atoms. The molecular weight excluding hydrogens is 644 g/mol. The monoisotopic (exact) mass is 680 g/mol. The van der Waals surface area contributed by atoms with Crippen LogP contribution >= 0.6 is 0 Å². The highest BCUT2D eigenvalue weighted by Gasteiger charge is 2.59. The molecule has 8 rings (SSSR count). The summed E-state index contributed by atoms with van der Waals surface area (Å²) in [4.78, 5) is 16.9. The molecule has 1 amide bonds. The second-order valence-electron chi connectivity index (χ2n) is 13.4. The topological polar surface area (TPSA) is 86.9 Å². The third-order valence-electron chi connectivity index (χ3n) is 9.69. The minimum absolute atomic E-state index is 0.0461. The molecule has 2 aromatic heterocycles. The summed E-state index contributed by atoms with van der Waals surface area (Å²) in [5, 5.41) is 9.44. The van der Waals surface area contributed by atoms with Crippen molar-refractivity contribution in [2.45, 2.75) is 69.9 Å². The highest BCUT2D eigenvalue weighted by molar-refractivity contribution is 5.93. The van der Waals surface area contributed by atoms with Crippen LogP contribution in [0, 0.1) is 11.8 Å². The number of aromatic nitrogens is 4. The summed E-state index contributed by atoms with van der Waals surface area (Å²) in [6.07, 6.45) is -2.24. The van der Waals surface area contributed by atoms with Crippen LogP contribution in [0.2, 0.25) is 0 Å². The van der Waals surface area contributed by atoms with Gasteiger partial charge < -0.3 is 19.1 Å². The molecule has 49 heavy (non-hydrogen) atoms. The second kappa shape index (κ2) is 12.2. The number of carbonyl (C=O) groups is 1. The van der Waals surface area contributed by atoms with Crippen LogP contribution in [0.15, 0.2) is 72.8 Å². The van der Waals surface area contributed by atoms with Crippen LogP contribution in [0.1, 0.15) is 59.8 Å². The minimum Gasteiger partial charge on any atom is -0.487 e. The van der Waals surface area contributed by atoms with Gasteiger partial charge in [-0.1, -0.05) is 36.4 Å².